The van der Waals surface area contributed by atoms with Crippen LogP contribution in [0.2, 0.25) is 0 Å². The van der Waals surface area contributed by atoms with Gasteiger partial charge in [-0.2, -0.15) is 0 Å². The van der Waals surface area contributed by atoms with Gasteiger partial charge in [0, 0.05) is 6.42 Å². The molecule has 4 heteroatoms. The van der Waals surface area contributed by atoms with Crippen LogP contribution in [-0.2, 0) is 14.3 Å². The highest BCUT2D eigenvalue weighted by atomic mass is 16.6. The number of rotatable bonds is 3. The lowest BCUT2D eigenvalue weighted by Crippen LogP contribution is -2.37. The average molecular weight is 213 g/mol. The van der Waals surface area contributed by atoms with Crippen LogP contribution in [0.4, 0.5) is 0 Å². The molecule has 0 aromatic heterocycles. The van der Waals surface area contributed by atoms with Crippen molar-refractivity contribution in [2.24, 2.45) is 11.7 Å². The third-order valence-electron chi connectivity index (χ3n) is 3.37. The summed E-state index contributed by atoms with van der Waals surface area (Å²) in [5.74, 6) is 0.225. The SMILES string of the molecule is NCC1CCCCC1OC1CCOC1=O. The molecule has 0 amide bonds. The Labute approximate surface area is 90.1 Å². The number of hydrogen-bond acceptors (Lipinski definition) is 4. The van der Waals surface area contributed by atoms with E-state index in [1.54, 1.807) is 0 Å². The summed E-state index contributed by atoms with van der Waals surface area (Å²) >= 11 is 0. The molecule has 3 unspecified atom stereocenters. The highest BCUT2D eigenvalue weighted by Gasteiger charge is 2.33. The quantitative estimate of drug-likeness (QED) is 0.705. The number of carbonyl (C=O) groups is 1. The molecule has 4 nitrogen and oxygen atoms in total. The molecular formula is C11H19NO3. The number of hydrogen-bond donors (Lipinski definition) is 1. The van der Waals surface area contributed by atoms with Crippen molar-refractivity contribution in [3.63, 3.8) is 0 Å². The molecule has 2 rings (SSSR count). The van der Waals surface area contributed by atoms with Gasteiger partial charge in [-0.1, -0.05) is 12.8 Å². The van der Waals surface area contributed by atoms with Gasteiger partial charge in [-0.05, 0) is 25.3 Å². The molecule has 15 heavy (non-hydrogen) atoms. The second-order valence-electron chi connectivity index (χ2n) is 4.40. The molecule has 0 spiro atoms. The van der Waals surface area contributed by atoms with Crippen LogP contribution < -0.4 is 5.73 Å². The number of nitrogens with two attached hydrogens (primary N) is 1. The molecule has 0 aromatic rings. The Morgan fingerprint density at radius 1 is 1.33 bits per heavy atom. The molecule has 3 atom stereocenters. The van der Waals surface area contributed by atoms with Crippen LogP contribution in [0.15, 0.2) is 0 Å². The summed E-state index contributed by atoms with van der Waals surface area (Å²) in [5.41, 5.74) is 5.71. The molecule has 1 saturated carbocycles. The molecule has 86 valence electrons. The first-order valence-corrected chi connectivity index (χ1v) is 5.83. The summed E-state index contributed by atoms with van der Waals surface area (Å²) in [5, 5.41) is 0. The van der Waals surface area contributed by atoms with E-state index >= 15 is 0 Å². The number of ether oxygens (including phenoxy) is 2. The van der Waals surface area contributed by atoms with Crippen LogP contribution >= 0.6 is 0 Å². The van der Waals surface area contributed by atoms with E-state index in [4.69, 9.17) is 15.2 Å². The minimum Gasteiger partial charge on any atom is -0.464 e. The van der Waals surface area contributed by atoms with Crippen LogP contribution in [-0.4, -0.2) is 31.3 Å². The maximum atomic E-state index is 11.3. The Kier molecular flexibility index (Phi) is 3.59. The van der Waals surface area contributed by atoms with Gasteiger partial charge in [0.15, 0.2) is 6.10 Å². The fraction of sp³-hybridized carbons (Fsp3) is 0.909. The van der Waals surface area contributed by atoms with Crippen molar-refractivity contribution in [3.05, 3.63) is 0 Å². The van der Waals surface area contributed by atoms with Gasteiger partial charge in [0.2, 0.25) is 0 Å². The predicted molar refractivity (Wildman–Crippen MR) is 55.2 cm³/mol. The van der Waals surface area contributed by atoms with E-state index in [2.05, 4.69) is 0 Å². The second-order valence-corrected chi connectivity index (χ2v) is 4.40. The summed E-state index contributed by atoms with van der Waals surface area (Å²) in [6.07, 6.45) is 5.11. The molecule has 2 aliphatic rings. The summed E-state index contributed by atoms with van der Waals surface area (Å²) in [6, 6.07) is 0. The monoisotopic (exact) mass is 213 g/mol. The first kappa shape index (κ1) is 10.9. The molecule has 0 aromatic carbocycles. The molecule has 2 fully saturated rings. The van der Waals surface area contributed by atoms with Crippen LogP contribution in [0.1, 0.15) is 32.1 Å². The van der Waals surface area contributed by atoms with E-state index < -0.39 is 0 Å². The molecule has 1 aliphatic heterocycles. The number of carbonyl (C=O) groups excluding carboxylic acids is 1. The molecule has 0 bridgehead atoms. The number of cyclic esters (lactones) is 1. The van der Waals surface area contributed by atoms with Crippen LogP contribution in [0, 0.1) is 5.92 Å². The molecule has 1 saturated heterocycles. The van der Waals surface area contributed by atoms with Crippen LogP contribution in [0.5, 0.6) is 0 Å². The Bertz CT molecular complexity index is 232. The van der Waals surface area contributed by atoms with Crippen LogP contribution in [0.3, 0.4) is 0 Å². The van der Waals surface area contributed by atoms with Gasteiger partial charge in [-0.25, -0.2) is 4.79 Å². The lowest BCUT2D eigenvalue weighted by atomic mass is 9.86. The van der Waals surface area contributed by atoms with E-state index in [-0.39, 0.29) is 18.2 Å². The van der Waals surface area contributed by atoms with Gasteiger partial charge < -0.3 is 15.2 Å². The Hall–Kier alpha value is -0.610. The third-order valence-corrected chi connectivity index (χ3v) is 3.37. The van der Waals surface area contributed by atoms with E-state index in [1.807, 2.05) is 0 Å². The molecular weight excluding hydrogens is 194 g/mol. The van der Waals surface area contributed by atoms with E-state index in [0.29, 0.717) is 25.5 Å². The second kappa shape index (κ2) is 4.94. The minimum absolute atomic E-state index is 0.166. The maximum Gasteiger partial charge on any atom is 0.335 e. The van der Waals surface area contributed by atoms with Gasteiger partial charge in [-0.15, -0.1) is 0 Å². The highest BCUT2D eigenvalue weighted by molar-refractivity contribution is 5.76. The van der Waals surface area contributed by atoms with Crippen molar-refractivity contribution in [1.29, 1.82) is 0 Å². The fourth-order valence-corrected chi connectivity index (χ4v) is 2.43. The maximum absolute atomic E-state index is 11.3. The largest absolute Gasteiger partial charge is 0.464 e. The summed E-state index contributed by atoms with van der Waals surface area (Å²) in [7, 11) is 0. The predicted octanol–water partition coefficient (Wildman–Crippen LogP) is 0.836. The fourth-order valence-electron chi connectivity index (χ4n) is 2.43. The van der Waals surface area contributed by atoms with E-state index in [1.165, 1.54) is 12.8 Å². The van der Waals surface area contributed by atoms with Gasteiger partial charge in [-0.3, -0.25) is 0 Å². The first-order chi connectivity index (χ1) is 7.31. The van der Waals surface area contributed by atoms with E-state index in [0.717, 1.165) is 12.8 Å². The lowest BCUT2D eigenvalue weighted by Gasteiger charge is -2.31. The van der Waals surface area contributed by atoms with Crippen molar-refractivity contribution in [3.8, 4) is 0 Å². The molecule has 1 heterocycles. The standard InChI is InChI=1S/C11H19NO3/c12-7-8-3-1-2-4-9(8)15-10-5-6-14-11(10)13/h8-10H,1-7,12H2. The Balaban J connectivity index is 1.88. The Morgan fingerprint density at radius 3 is 2.80 bits per heavy atom. The first-order valence-electron chi connectivity index (χ1n) is 5.83. The van der Waals surface area contributed by atoms with Gasteiger partial charge in [0.1, 0.15) is 0 Å². The summed E-state index contributed by atoms with van der Waals surface area (Å²) in [6.45, 7) is 1.16. The smallest absolute Gasteiger partial charge is 0.335 e. The van der Waals surface area contributed by atoms with Gasteiger partial charge in [0.25, 0.3) is 0 Å². The molecule has 1 aliphatic carbocycles. The molecule has 2 N–H and O–H groups in total. The third kappa shape index (κ3) is 2.49. The zero-order chi connectivity index (χ0) is 10.7. The van der Waals surface area contributed by atoms with Crippen molar-refractivity contribution >= 4 is 5.97 Å². The normalized spacial score (nSPS) is 36.6. The zero-order valence-corrected chi connectivity index (χ0v) is 8.98. The van der Waals surface area contributed by atoms with Crippen LogP contribution in [0.25, 0.3) is 0 Å². The highest BCUT2D eigenvalue weighted by Crippen LogP contribution is 2.28. The summed E-state index contributed by atoms with van der Waals surface area (Å²) < 4.78 is 10.7. The van der Waals surface area contributed by atoms with Crippen molar-refractivity contribution in [2.75, 3.05) is 13.2 Å². The lowest BCUT2D eigenvalue weighted by molar-refractivity contribution is -0.152. The number of esters is 1. The topological polar surface area (TPSA) is 61.6 Å². The van der Waals surface area contributed by atoms with Crippen molar-refractivity contribution in [1.82, 2.24) is 0 Å². The van der Waals surface area contributed by atoms with Crippen molar-refractivity contribution in [2.45, 2.75) is 44.3 Å². The van der Waals surface area contributed by atoms with Gasteiger partial charge in [0.05, 0.1) is 12.7 Å². The van der Waals surface area contributed by atoms with Gasteiger partial charge >= 0.3 is 5.97 Å². The zero-order valence-electron chi connectivity index (χ0n) is 8.98. The summed E-state index contributed by atoms with van der Waals surface area (Å²) in [4.78, 5) is 11.3. The minimum atomic E-state index is -0.331. The van der Waals surface area contributed by atoms with Crippen molar-refractivity contribution < 1.29 is 14.3 Å². The molecule has 0 radical (unpaired) electrons. The average Bonchev–Trinajstić information content (AvgIpc) is 2.65. The Morgan fingerprint density at radius 2 is 2.13 bits per heavy atom. The van der Waals surface area contributed by atoms with E-state index in [9.17, 15) is 4.79 Å².